The molecule has 0 radical (unpaired) electrons. The Kier molecular flexibility index (Phi) is 7.57. The summed E-state index contributed by atoms with van der Waals surface area (Å²) in [5.74, 6) is 1.74. The van der Waals surface area contributed by atoms with Gasteiger partial charge in [0.2, 0.25) is 0 Å². The molecule has 0 bridgehead atoms. The van der Waals surface area contributed by atoms with Crippen molar-refractivity contribution in [1.29, 1.82) is 0 Å². The number of ether oxygens (including phenoxy) is 1. The van der Waals surface area contributed by atoms with Crippen LogP contribution in [-0.4, -0.2) is 13.7 Å². The molecule has 0 saturated heterocycles. The summed E-state index contributed by atoms with van der Waals surface area (Å²) >= 11 is 0. The first-order valence-corrected chi connectivity index (χ1v) is 7.62. The second-order valence-electron chi connectivity index (χ2n) is 5.20. The molecule has 2 nitrogen and oxygen atoms in total. The largest absolute Gasteiger partial charge is 0.497 e. The summed E-state index contributed by atoms with van der Waals surface area (Å²) in [6, 6.07) is 8.91. The van der Waals surface area contributed by atoms with Crippen LogP contribution in [0.15, 0.2) is 24.3 Å². The van der Waals surface area contributed by atoms with Crippen molar-refractivity contribution in [2.45, 2.75) is 52.5 Å². The standard InChI is InChI=1S/C17H29NO/c1-5-11-18-17(12-14(6-2)7-3)15-9-8-10-16(13-15)19-4/h8-10,13-14,17-18H,5-7,11-12H2,1-4H3. The molecule has 1 atom stereocenters. The molecule has 1 aromatic carbocycles. The second-order valence-corrected chi connectivity index (χ2v) is 5.20. The van der Waals surface area contributed by atoms with E-state index in [2.05, 4.69) is 44.3 Å². The van der Waals surface area contributed by atoms with E-state index in [1.165, 1.54) is 31.2 Å². The highest BCUT2D eigenvalue weighted by Gasteiger charge is 2.16. The predicted octanol–water partition coefficient (Wildman–Crippen LogP) is 4.56. The fourth-order valence-electron chi connectivity index (χ4n) is 2.47. The lowest BCUT2D eigenvalue weighted by Crippen LogP contribution is -2.24. The highest BCUT2D eigenvalue weighted by molar-refractivity contribution is 5.30. The molecule has 0 aromatic heterocycles. The minimum Gasteiger partial charge on any atom is -0.497 e. The van der Waals surface area contributed by atoms with Crippen molar-refractivity contribution in [3.63, 3.8) is 0 Å². The van der Waals surface area contributed by atoms with Crippen LogP contribution in [0.3, 0.4) is 0 Å². The molecule has 0 saturated carbocycles. The Labute approximate surface area is 118 Å². The summed E-state index contributed by atoms with van der Waals surface area (Å²) in [5, 5.41) is 3.68. The van der Waals surface area contributed by atoms with Crippen molar-refractivity contribution in [3.05, 3.63) is 29.8 Å². The Bertz CT molecular complexity index is 347. The van der Waals surface area contributed by atoms with E-state index in [1.54, 1.807) is 7.11 Å². The van der Waals surface area contributed by atoms with Gasteiger partial charge in [0.15, 0.2) is 0 Å². The lowest BCUT2D eigenvalue weighted by atomic mass is 9.91. The van der Waals surface area contributed by atoms with E-state index in [1.807, 2.05) is 6.07 Å². The van der Waals surface area contributed by atoms with E-state index in [-0.39, 0.29) is 0 Å². The first kappa shape index (κ1) is 16.0. The predicted molar refractivity (Wildman–Crippen MR) is 82.7 cm³/mol. The van der Waals surface area contributed by atoms with Gasteiger partial charge in [0.05, 0.1) is 7.11 Å². The maximum Gasteiger partial charge on any atom is 0.119 e. The van der Waals surface area contributed by atoms with Crippen LogP contribution in [0, 0.1) is 5.92 Å². The summed E-state index contributed by atoms with van der Waals surface area (Å²) < 4.78 is 5.34. The van der Waals surface area contributed by atoms with Crippen LogP contribution in [0.5, 0.6) is 5.75 Å². The van der Waals surface area contributed by atoms with Crippen LogP contribution in [-0.2, 0) is 0 Å². The van der Waals surface area contributed by atoms with Crippen LogP contribution in [0.25, 0.3) is 0 Å². The summed E-state index contributed by atoms with van der Waals surface area (Å²) in [7, 11) is 1.73. The van der Waals surface area contributed by atoms with Gasteiger partial charge in [-0.05, 0) is 43.0 Å². The number of nitrogens with one attached hydrogen (secondary N) is 1. The lowest BCUT2D eigenvalue weighted by Gasteiger charge is -2.24. The SMILES string of the molecule is CCCNC(CC(CC)CC)c1cccc(OC)c1. The third-order valence-corrected chi connectivity index (χ3v) is 3.86. The molecule has 2 heteroatoms. The van der Waals surface area contributed by atoms with Gasteiger partial charge >= 0.3 is 0 Å². The molecule has 0 aliphatic rings. The maximum atomic E-state index is 5.34. The van der Waals surface area contributed by atoms with Crippen molar-refractivity contribution in [3.8, 4) is 5.75 Å². The molecule has 0 aliphatic carbocycles. The van der Waals surface area contributed by atoms with Crippen molar-refractivity contribution in [2.75, 3.05) is 13.7 Å². The zero-order chi connectivity index (χ0) is 14.1. The Hall–Kier alpha value is -1.02. The summed E-state index contributed by atoms with van der Waals surface area (Å²) in [5.41, 5.74) is 1.35. The fourth-order valence-corrected chi connectivity index (χ4v) is 2.47. The van der Waals surface area contributed by atoms with Crippen LogP contribution in [0.2, 0.25) is 0 Å². The normalized spacial score (nSPS) is 12.7. The number of hydrogen-bond acceptors (Lipinski definition) is 2. The highest BCUT2D eigenvalue weighted by atomic mass is 16.5. The van der Waals surface area contributed by atoms with E-state index >= 15 is 0 Å². The number of rotatable bonds is 9. The number of hydrogen-bond donors (Lipinski definition) is 1. The molecule has 1 rings (SSSR count). The molecular formula is C17H29NO. The van der Waals surface area contributed by atoms with E-state index < -0.39 is 0 Å². The average Bonchev–Trinajstić information content (AvgIpc) is 2.47. The van der Waals surface area contributed by atoms with Crippen LogP contribution >= 0.6 is 0 Å². The maximum absolute atomic E-state index is 5.34. The Morgan fingerprint density at radius 1 is 1.16 bits per heavy atom. The smallest absolute Gasteiger partial charge is 0.119 e. The Morgan fingerprint density at radius 3 is 2.47 bits per heavy atom. The van der Waals surface area contributed by atoms with E-state index in [4.69, 9.17) is 4.74 Å². The van der Waals surface area contributed by atoms with Crippen LogP contribution in [0.1, 0.15) is 58.1 Å². The fraction of sp³-hybridized carbons (Fsp3) is 0.647. The lowest BCUT2D eigenvalue weighted by molar-refractivity contribution is 0.369. The highest BCUT2D eigenvalue weighted by Crippen LogP contribution is 2.27. The van der Waals surface area contributed by atoms with Crippen molar-refractivity contribution >= 4 is 0 Å². The van der Waals surface area contributed by atoms with Crippen LogP contribution in [0.4, 0.5) is 0 Å². The molecule has 0 aliphatic heterocycles. The van der Waals surface area contributed by atoms with Gasteiger partial charge in [-0.3, -0.25) is 0 Å². The molecule has 1 N–H and O–H groups in total. The molecule has 19 heavy (non-hydrogen) atoms. The first-order valence-electron chi connectivity index (χ1n) is 7.62. The zero-order valence-corrected chi connectivity index (χ0v) is 12.9. The van der Waals surface area contributed by atoms with E-state index in [0.29, 0.717) is 6.04 Å². The van der Waals surface area contributed by atoms with Gasteiger partial charge in [0, 0.05) is 6.04 Å². The second kappa shape index (κ2) is 8.98. The van der Waals surface area contributed by atoms with Gasteiger partial charge < -0.3 is 10.1 Å². The third kappa shape index (κ3) is 5.23. The molecule has 0 spiro atoms. The zero-order valence-electron chi connectivity index (χ0n) is 12.9. The summed E-state index contributed by atoms with van der Waals surface area (Å²) in [6.07, 6.45) is 4.89. The van der Waals surface area contributed by atoms with Gasteiger partial charge in [-0.25, -0.2) is 0 Å². The van der Waals surface area contributed by atoms with Gasteiger partial charge in [0.25, 0.3) is 0 Å². The van der Waals surface area contributed by atoms with E-state index in [0.717, 1.165) is 18.2 Å². The topological polar surface area (TPSA) is 21.3 Å². The Morgan fingerprint density at radius 2 is 1.89 bits per heavy atom. The van der Waals surface area contributed by atoms with Crippen molar-refractivity contribution < 1.29 is 4.74 Å². The van der Waals surface area contributed by atoms with Gasteiger partial charge in [-0.2, -0.15) is 0 Å². The van der Waals surface area contributed by atoms with E-state index in [9.17, 15) is 0 Å². The molecule has 0 fully saturated rings. The molecular weight excluding hydrogens is 234 g/mol. The first-order chi connectivity index (χ1) is 9.24. The molecule has 0 heterocycles. The van der Waals surface area contributed by atoms with Gasteiger partial charge in [-0.1, -0.05) is 45.7 Å². The molecule has 108 valence electrons. The quantitative estimate of drug-likeness (QED) is 0.705. The summed E-state index contributed by atoms with van der Waals surface area (Å²) in [6.45, 7) is 7.86. The average molecular weight is 263 g/mol. The number of benzene rings is 1. The van der Waals surface area contributed by atoms with Gasteiger partial charge in [0.1, 0.15) is 5.75 Å². The molecule has 0 amide bonds. The van der Waals surface area contributed by atoms with Gasteiger partial charge in [-0.15, -0.1) is 0 Å². The summed E-state index contributed by atoms with van der Waals surface area (Å²) in [4.78, 5) is 0. The molecule has 1 unspecified atom stereocenters. The number of methoxy groups -OCH3 is 1. The monoisotopic (exact) mass is 263 g/mol. The van der Waals surface area contributed by atoms with Crippen molar-refractivity contribution in [1.82, 2.24) is 5.32 Å². The Balaban J connectivity index is 2.81. The van der Waals surface area contributed by atoms with Crippen molar-refractivity contribution in [2.24, 2.45) is 5.92 Å². The third-order valence-electron chi connectivity index (χ3n) is 3.86. The minimum absolute atomic E-state index is 0.444. The van der Waals surface area contributed by atoms with Crippen LogP contribution < -0.4 is 10.1 Å². The molecule has 1 aromatic rings. The minimum atomic E-state index is 0.444.